The van der Waals surface area contributed by atoms with Gasteiger partial charge in [-0.1, -0.05) is 27.5 Å². The normalized spacial score (nSPS) is 10.2. The van der Waals surface area contributed by atoms with Gasteiger partial charge in [0.1, 0.15) is 11.6 Å². The predicted molar refractivity (Wildman–Crippen MR) is 70.1 cm³/mol. The summed E-state index contributed by atoms with van der Waals surface area (Å²) in [6, 6.07) is 6.69. The largest absolute Gasteiger partial charge is 0.437 e. The highest BCUT2D eigenvalue weighted by Gasteiger charge is 2.06. The Bertz CT molecular complexity index is 544. The number of aromatic nitrogens is 2. The second-order valence-electron chi connectivity index (χ2n) is 3.17. The van der Waals surface area contributed by atoms with Gasteiger partial charge in [0, 0.05) is 10.5 Å². The Balaban J connectivity index is 2.31. The molecule has 0 amide bonds. The number of ether oxygens (including phenoxy) is 1. The average Bonchev–Trinajstić information content (AvgIpc) is 2.21. The average molecular weight is 316 g/mol. The van der Waals surface area contributed by atoms with E-state index in [2.05, 4.69) is 25.9 Å². The fraction of sp³-hybridized carbons (Fsp3) is 0. The molecular weight excluding hydrogens is 307 g/mol. The number of nitrogens with zero attached hydrogens (tertiary/aromatic N) is 2. The summed E-state index contributed by atoms with van der Waals surface area (Å²) in [5.74, 6) is 1.00. The second kappa shape index (κ2) is 4.77. The van der Waals surface area contributed by atoms with Crippen LogP contribution in [0.15, 0.2) is 28.7 Å². The van der Waals surface area contributed by atoms with Crippen molar-refractivity contribution in [3.63, 3.8) is 0 Å². The molecule has 0 spiro atoms. The molecule has 0 fully saturated rings. The van der Waals surface area contributed by atoms with Gasteiger partial charge in [-0.05, 0) is 18.2 Å². The van der Waals surface area contributed by atoms with Crippen LogP contribution in [0.25, 0.3) is 0 Å². The Kier molecular flexibility index (Phi) is 3.35. The minimum atomic E-state index is 0.0493. The summed E-state index contributed by atoms with van der Waals surface area (Å²) >= 11 is 9.30. The van der Waals surface area contributed by atoms with Crippen LogP contribution in [-0.2, 0) is 0 Å². The van der Waals surface area contributed by atoms with Crippen molar-refractivity contribution in [1.29, 1.82) is 0 Å². The smallest absolute Gasteiger partial charge is 0.226 e. The molecule has 17 heavy (non-hydrogen) atoms. The highest BCUT2D eigenvalue weighted by atomic mass is 79.9. The van der Waals surface area contributed by atoms with Crippen LogP contribution in [0.3, 0.4) is 0 Å². The maximum atomic E-state index is 6.00. The number of halogens is 2. The van der Waals surface area contributed by atoms with Gasteiger partial charge in [-0.25, -0.2) is 0 Å². The van der Waals surface area contributed by atoms with E-state index in [0.717, 1.165) is 4.47 Å². The number of nitrogens with two attached hydrogens (primary N) is 2. The molecule has 0 aliphatic carbocycles. The maximum Gasteiger partial charge on any atom is 0.226 e. The molecule has 2 aromatic rings. The third-order valence-corrected chi connectivity index (χ3v) is 2.64. The van der Waals surface area contributed by atoms with E-state index in [4.69, 9.17) is 27.8 Å². The van der Waals surface area contributed by atoms with Crippen LogP contribution in [0.2, 0.25) is 5.02 Å². The van der Waals surface area contributed by atoms with Crippen molar-refractivity contribution >= 4 is 39.3 Å². The van der Waals surface area contributed by atoms with Gasteiger partial charge in [-0.15, -0.1) is 0 Å². The van der Waals surface area contributed by atoms with E-state index < -0.39 is 0 Å². The second-order valence-corrected chi connectivity index (χ2v) is 4.49. The number of hydrogen-bond donors (Lipinski definition) is 2. The summed E-state index contributed by atoms with van der Waals surface area (Å²) in [5.41, 5.74) is 11.0. The molecule has 5 nitrogen and oxygen atoms in total. The third kappa shape index (κ3) is 2.98. The molecule has 0 radical (unpaired) electrons. The summed E-state index contributed by atoms with van der Waals surface area (Å²) in [6.07, 6.45) is 0. The first-order chi connectivity index (χ1) is 8.04. The standard InChI is InChI=1S/C10H8BrClN4O/c11-5-1-2-7(6(12)3-5)17-9-4-8(13)15-10(14)16-9/h1-4H,(H4,13,14,15,16). The van der Waals surface area contributed by atoms with Crippen LogP contribution < -0.4 is 16.2 Å². The van der Waals surface area contributed by atoms with E-state index in [1.165, 1.54) is 6.07 Å². The van der Waals surface area contributed by atoms with Crippen molar-refractivity contribution in [2.75, 3.05) is 11.5 Å². The van der Waals surface area contributed by atoms with Crippen molar-refractivity contribution in [2.24, 2.45) is 0 Å². The Morgan fingerprint density at radius 2 is 1.94 bits per heavy atom. The number of benzene rings is 1. The molecule has 0 aliphatic rings. The highest BCUT2D eigenvalue weighted by Crippen LogP contribution is 2.31. The van der Waals surface area contributed by atoms with E-state index in [9.17, 15) is 0 Å². The molecule has 1 aromatic carbocycles. The molecule has 0 saturated heterocycles. The predicted octanol–water partition coefficient (Wildman–Crippen LogP) is 2.85. The lowest BCUT2D eigenvalue weighted by molar-refractivity contribution is 0.463. The first-order valence-electron chi connectivity index (χ1n) is 4.57. The number of anilines is 2. The molecule has 1 aromatic heterocycles. The Morgan fingerprint density at radius 1 is 1.18 bits per heavy atom. The van der Waals surface area contributed by atoms with Crippen LogP contribution in [-0.4, -0.2) is 9.97 Å². The molecule has 1 heterocycles. The molecule has 2 rings (SSSR count). The van der Waals surface area contributed by atoms with Gasteiger partial charge in [0.2, 0.25) is 11.8 Å². The first kappa shape index (κ1) is 11.9. The van der Waals surface area contributed by atoms with Crippen LogP contribution >= 0.6 is 27.5 Å². The zero-order valence-electron chi connectivity index (χ0n) is 8.52. The summed E-state index contributed by atoms with van der Waals surface area (Å²) in [6.45, 7) is 0. The van der Waals surface area contributed by atoms with E-state index in [-0.39, 0.29) is 17.6 Å². The summed E-state index contributed by atoms with van der Waals surface area (Å²) in [5, 5.41) is 0.454. The number of hydrogen-bond acceptors (Lipinski definition) is 5. The van der Waals surface area contributed by atoms with E-state index in [1.807, 2.05) is 0 Å². The fourth-order valence-electron chi connectivity index (χ4n) is 1.18. The molecule has 0 aliphatic heterocycles. The molecule has 88 valence electrons. The van der Waals surface area contributed by atoms with Crippen LogP contribution in [0, 0.1) is 0 Å². The number of nitrogen functional groups attached to an aromatic ring is 2. The Labute approximate surface area is 111 Å². The van der Waals surface area contributed by atoms with Crippen molar-refractivity contribution in [2.45, 2.75) is 0 Å². The van der Waals surface area contributed by atoms with Gasteiger partial charge in [0.15, 0.2) is 0 Å². The van der Waals surface area contributed by atoms with Crippen LogP contribution in [0.5, 0.6) is 11.6 Å². The van der Waals surface area contributed by atoms with Gasteiger partial charge < -0.3 is 16.2 Å². The van der Waals surface area contributed by atoms with Gasteiger partial charge in [-0.2, -0.15) is 9.97 Å². The van der Waals surface area contributed by atoms with Gasteiger partial charge in [-0.3, -0.25) is 0 Å². The van der Waals surface area contributed by atoms with Crippen molar-refractivity contribution < 1.29 is 4.74 Å². The lowest BCUT2D eigenvalue weighted by Crippen LogP contribution is -2.00. The lowest BCUT2D eigenvalue weighted by atomic mass is 10.3. The van der Waals surface area contributed by atoms with Crippen molar-refractivity contribution in [3.05, 3.63) is 33.8 Å². The van der Waals surface area contributed by atoms with Gasteiger partial charge in [0.25, 0.3) is 0 Å². The molecule has 7 heteroatoms. The molecule has 0 atom stereocenters. The molecule has 0 bridgehead atoms. The number of rotatable bonds is 2. The summed E-state index contributed by atoms with van der Waals surface area (Å²) < 4.78 is 6.32. The zero-order valence-corrected chi connectivity index (χ0v) is 10.9. The molecule has 0 unspecified atom stereocenters. The lowest BCUT2D eigenvalue weighted by Gasteiger charge is -2.07. The Hall–Kier alpha value is -1.53. The van der Waals surface area contributed by atoms with Crippen molar-refractivity contribution in [3.8, 4) is 11.6 Å². The maximum absolute atomic E-state index is 6.00. The first-order valence-corrected chi connectivity index (χ1v) is 5.74. The van der Waals surface area contributed by atoms with Gasteiger partial charge >= 0.3 is 0 Å². The zero-order chi connectivity index (χ0) is 12.4. The molecule has 0 saturated carbocycles. The van der Waals surface area contributed by atoms with E-state index in [1.54, 1.807) is 18.2 Å². The minimum Gasteiger partial charge on any atom is -0.437 e. The van der Waals surface area contributed by atoms with E-state index >= 15 is 0 Å². The fourth-order valence-corrected chi connectivity index (χ4v) is 1.90. The van der Waals surface area contributed by atoms with Gasteiger partial charge in [0.05, 0.1) is 5.02 Å². The summed E-state index contributed by atoms with van der Waals surface area (Å²) in [7, 11) is 0. The quantitative estimate of drug-likeness (QED) is 0.890. The Morgan fingerprint density at radius 3 is 2.59 bits per heavy atom. The highest BCUT2D eigenvalue weighted by molar-refractivity contribution is 9.10. The SMILES string of the molecule is Nc1cc(Oc2ccc(Br)cc2Cl)nc(N)n1. The van der Waals surface area contributed by atoms with E-state index in [0.29, 0.717) is 10.8 Å². The summed E-state index contributed by atoms with van der Waals surface area (Å²) in [4.78, 5) is 7.62. The topological polar surface area (TPSA) is 87.0 Å². The molecular formula is C10H8BrClN4O. The molecule has 4 N–H and O–H groups in total. The minimum absolute atomic E-state index is 0.0493. The van der Waals surface area contributed by atoms with Crippen LogP contribution in [0.4, 0.5) is 11.8 Å². The van der Waals surface area contributed by atoms with Crippen molar-refractivity contribution in [1.82, 2.24) is 9.97 Å². The van der Waals surface area contributed by atoms with Crippen LogP contribution in [0.1, 0.15) is 0 Å². The monoisotopic (exact) mass is 314 g/mol. The third-order valence-electron chi connectivity index (χ3n) is 1.85.